The predicted molar refractivity (Wildman–Crippen MR) is 69.0 cm³/mol. The normalized spacial score (nSPS) is 10.5. The minimum absolute atomic E-state index is 0.152. The Morgan fingerprint density at radius 3 is 2.62 bits per heavy atom. The van der Waals surface area contributed by atoms with Gasteiger partial charge in [0.15, 0.2) is 0 Å². The lowest BCUT2D eigenvalue weighted by Crippen LogP contribution is -2.15. The Labute approximate surface area is 111 Å². The quantitative estimate of drug-likeness (QED) is 0.766. The molecule has 0 radical (unpaired) electrons. The van der Waals surface area contributed by atoms with Crippen molar-refractivity contribution in [2.24, 2.45) is 0 Å². The van der Waals surface area contributed by atoms with Crippen molar-refractivity contribution in [1.82, 2.24) is 24.7 Å². The third kappa shape index (κ3) is 2.40. The van der Waals surface area contributed by atoms with Crippen LogP contribution >= 0.6 is 34.2 Å². The van der Waals surface area contributed by atoms with Gasteiger partial charge in [0.1, 0.15) is 0 Å². The maximum atomic E-state index is 5.82. The average molecular weight is 351 g/mol. The average Bonchev–Trinajstić information content (AvgIpc) is 2.64. The number of nitrogens with zero attached hydrogens (tertiary/aromatic N) is 6. The van der Waals surface area contributed by atoms with Gasteiger partial charge in [0, 0.05) is 20.3 Å². The molecule has 2 heterocycles. The molecule has 0 saturated carbocycles. The molecule has 0 aliphatic heterocycles. The molecule has 2 aromatic rings. The molecule has 0 N–H and O–H groups in total. The lowest BCUT2D eigenvalue weighted by molar-refractivity contribution is 0.788. The standard InChI is InChI=1S/C8H8ClIN6/c1-15(2)7-12-6(9)13-8(14-7)16-4-5(10)3-11-16/h3-4H,1-2H3. The fraction of sp³-hybridized carbons (Fsp3) is 0.250. The van der Waals surface area contributed by atoms with E-state index in [0.717, 1.165) is 3.57 Å². The van der Waals surface area contributed by atoms with Gasteiger partial charge in [-0.25, -0.2) is 4.68 Å². The summed E-state index contributed by atoms with van der Waals surface area (Å²) < 4.78 is 2.56. The number of anilines is 1. The molecule has 0 bridgehead atoms. The molecule has 84 valence electrons. The van der Waals surface area contributed by atoms with Gasteiger partial charge in [-0.3, -0.25) is 0 Å². The second-order valence-corrected chi connectivity index (χ2v) is 4.79. The highest BCUT2D eigenvalue weighted by molar-refractivity contribution is 14.1. The first-order valence-corrected chi connectivity index (χ1v) is 5.81. The van der Waals surface area contributed by atoms with Gasteiger partial charge in [-0.15, -0.1) is 0 Å². The molecule has 8 heteroatoms. The van der Waals surface area contributed by atoms with E-state index < -0.39 is 0 Å². The van der Waals surface area contributed by atoms with Crippen LogP contribution in [0.4, 0.5) is 5.95 Å². The summed E-state index contributed by atoms with van der Waals surface area (Å²) >= 11 is 7.98. The van der Waals surface area contributed by atoms with E-state index in [9.17, 15) is 0 Å². The van der Waals surface area contributed by atoms with Crippen molar-refractivity contribution in [3.8, 4) is 5.95 Å². The van der Waals surface area contributed by atoms with Crippen molar-refractivity contribution >= 4 is 40.1 Å². The van der Waals surface area contributed by atoms with Crippen molar-refractivity contribution in [3.05, 3.63) is 21.2 Å². The summed E-state index contributed by atoms with van der Waals surface area (Å²) in [5.41, 5.74) is 0. The van der Waals surface area contributed by atoms with Gasteiger partial charge in [-0.2, -0.15) is 20.1 Å². The fourth-order valence-electron chi connectivity index (χ4n) is 1.04. The van der Waals surface area contributed by atoms with E-state index in [1.165, 1.54) is 0 Å². The third-order valence-electron chi connectivity index (χ3n) is 1.74. The highest BCUT2D eigenvalue weighted by Gasteiger charge is 2.09. The smallest absolute Gasteiger partial charge is 0.256 e. The first-order chi connectivity index (χ1) is 7.56. The zero-order valence-corrected chi connectivity index (χ0v) is 11.5. The summed E-state index contributed by atoms with van der Waals surface area (Å²) in [4.78, 5) is 14.0. The van der Waals surface area contributed by atoms with Crippen LogP contribution in [0.5, 0.6) is 0 Å². The zero-order valence-electron chi connectivity index (χ0n) is 8.59. The molecular weight excluding hydrogens is 342 g/mol. The summed E-state index contributed by atoms with van der Waals surface area (Å²) in [7, 11) is 3.67. The second kappa shape index (κ2) is 4.50. The molecule has 0 unspecified atom stereocenters. The Balaban J connectivity index is 2.49. The lowest BCUT2D eigenvalue weighted by atomic mass is 10.7. The summed E-state index contributed by atoms with van der Waals surface area (Å²) in [5, 5.41) is 4.26. The molecule has 0 saturated heterocycles. The van der Waals surface area contributed by atoms with E-state index in [1.54, 1.807) is 15.8 Å². The van der Waals surface area contributed by atoms with E-state index in [4.69, 9.17) is 11.6 Å². The van der Waals surface area contributed by atoms with Crippen LogP contribution < -0.4 is 4.90 Å². The van der Waals surface area contributed by atoms with Crippen LogP contribution in [0.15, 0.2) is 12.4 Å². The highest BCUT2D eigenvalue weighted by atomic mass is 127. The first kappa shape index (κ1) is 11.5. The Morgan fingerprint density at radius 1 is 1.31 bits per heavy atom. The van der Waals surface area contributed by atoms with Gasteiger partial charge in [0.25, 0.3) is 5.95 Å². The number of rotatable bonds is 2. The van der Waals surface area contributed by atoms with Gasteiger partial charge in [-0.05, 0) is 34.2 Å². The molecule has 0 spiro atoms. The maximum absolute atomic E-state index is 5.82. The van der Waals surface area contributed by atoms with Gasteiger partial charge < -0.3 is 4.90 Å². The summed E-state index contributed by atoms with van der Waals surface area (Å²) in [6, 6.07) is 0. The fourth-order valence-corrected chi connectivity index (χ4v) is 1.58. The Bertz CT molecular complexity index is 511. The van der Waals surface area contributed by atoms with Crippen LogP contribution in [-0.4, -0.2) is 38.8 Å². The second-order valence-electron chi connectivity index (χ2n) is 3.20. The van der Waals surface area contributed by atoms with E-state index in [-0.39, 0.29) is 5.28 Å². The van der Waals surface area contributed by atoms with Crippen molar-refractivity contribution in [3.63, 3.8) is 0 Å². The third-order valence-corrected chi connectivity index (χ3v) is 2.47. The van der Waals surface area contributed by atoms with Crippen LogP contribution in [0.25, 0.3) is 5.95 Å². The summed E-state index contributed by atoms with van der Waals surface area (Å²) in [6.07, 6.45) is 3.53. The van der Waals surface area contributed by atoms with E-state index >= 15 is 0 Å². The molecule has 0 atom stereocenters. The number of aromatic nitrogens is 5. The summed E-state index contributed by atoms with van der Waals surface area (Å²) in [5.74, 6) is 0.909. The Kier molecular flexibility index (Phi) is 3.24. The van der Waals surface area contributed by atoms with E-state index in [2.05, 4.69) is 42.6 Å². The molecule has 0 aromatic carbocycles. The van der Waals surface area contributed by atoms with E-state index in [1.807, 2.05) is 20.3 Å². The largest absolute Gasteiger partial charge is 0.347 e. The molecule has 0 aliphatic carbocycles. The Morgan fingerprint density at radius 2 is 2.06 bits per heavy atom. The van der Waals surface area contributed by atoms with Crippen LogP contribution in [0.2, 0.25) is 5.28 Å². The monoisotopic (exact) mass is 350 g/mol. The number of hydrogen-bond donors (Lipinski definition) is 0. The minimum Gasteiger partial charge on any atom is -0.347 e. The SMILES string of the molecule is CN(C)c1nc(Cl)nc(-n2cc(I)cn2)n1. The number of halogens is 2. The van der Waals surface area contributed by atoms with Crippen LogP contribution in [-0.2, 0) is 0 Å². The van der Waals surface area contributed by atoms with E-state index in [0.29, 0.717) is 11.9 Å². The molecular formula is C8H8ClIN6. The molecule has 6 nitrogen and oxygen atoms in total. The lowest BCUT2D eigenvalue weighted by Gasteiger charge is -2.10. The van der Waals surface area contributed by atoms with Crippen LogP contribution in [0.1, 0.15) is 0 Å². The zero-order chi connectivity index (χ0) is 11.7. The Hall–Kier alpha value is -0.960. The molecule has 2 aromatic heterocycles. The van der Waals surface area contributed by atoms with Crippen molar-refractivity contribution in [1.29, 1.82) is 0 Å². The van der Waals surface area contributed by atoms with Gasteiger partial charge >= 0.3 is 0 Å². The topological polar surface area (TPSA) is 59.7 Å². The highest BCUT2D eigenvalue weighted by Crippen LogP contribution is 2.12. The molecule has 16 heavy (non-hydrogen) atoms. The van der Waals surface area contributed by atoms with Crippen molar-refractivity contribution in [2.75, 3.05) is 19.0 Å². The minimum atomic E-state index is 0.152. The summed E-state index contributed by atoms with van der Waals surface area (Å²) in [6.45, 7) is 0. The van der Waals surface area contributed by atoms with Gasteiger partial charge in [-0.1, -0.05) is 0 Å². The van der Waals surface area contributed by atoms with Crippen molar-refractivity contribution < 1.29 is 0 Å². The molecule has 0 fully saturated rings. The molecule has 0 aliphatic rings. The van der Waals surface area contributed by atoms with Crippen LogP contribution in [0, 0.1) is 3.57 Å². The molecule has 0 amide bonds. The maximum Gasteiger partial charge on any atom is 0.256 e. The van der Waals surface area contributed by atoms with Gasteiger partial charge in [0.2, 0.25) is 11.2 Å². The molecule has 2 rings (SSSR count). The van der Waals surface area contributed by atoms with Crippen molar-refractivity contribution in [2.45, 2.75) is 0 Å². The van der Waals surface area contributed by atoms with Gasteiger partial charge in [0.05, 0.1) is 9.77 Å². The van der Waals surface area contributed by atoms with Crippen LogP contribution in [0.3, 0.4) is 0 Å². The number of hydrogen-bond acceptors (Lipinski definition) is 5. The predicted octanol–water partition coefficient (Wildman–Crippen LogP) is 1.38. The first-order valence-electron chi connectivity index (χ1n) is 4.35.